The molecule has 3 aliphatic heterocycles. The van der Waals surface area contributed by atoms with E-state index in [2.05, 4.69) is 5.32 Å². The lowest BCUT2D eigenvalue weighted by molar-refractivity contribution is -0.123. The summed E-state index contributed by atoms with van der Waals surface area (Å²) in [5.41, 5.74) is 0.800. The van der Waals surface area contributed by atoms with Crippen LogP contribution >= 0.6 is 0 Å². The average Bonchev–Trinajstić information content (AvgIpc) is 3.31. The Bertz CT molecular complexity index is 1220. The number of fused-ring (bicyclic) bond motifs is 2. The van der Waals surface area contributed by atoms with Crippen molar-refractivity contribution in [3.63, 3.8) is 0 Å². The van der Waals surface area contributed by atoms with E-state index < -0.39 is 16.1 Å². The van der Waals surface area contributed by atoms with Crippen LogP contribution in [0.3, 0.4) is 0 Å². The smallest absolute Gasteiger partial charge is 0.265 e. The average molecular weight is 474 g/mol. The van der Waals surface area contributed by atoms with Crippen LogP contribution in [0, 0.1) is 0 Å². The molecule has 1 N–H and O–H groups in total. The molecule has 3 heterocycles. The van der Waals surface area contributed by atoms with E-state index in [-0.39, 0.29) is 49.7 Å². The largest absolute Gasteiger partial charge is 0.478 e. The minimum Gasteiger partial charge on any atom is -0.478 e. The number of nitrogens with one attached hydrogen (secondary N) is 1. The Labute approximate surface area is 191 Å². The first-order chi connectivity index (χ1) is 15.9. The van der Waals surface area contributed by atoms with Crippen LogP contribution in [-0.2, 0) is 14.8 Å². The normalized spacial score (nSPS) is 20.1. The second kappa shape index (κ2) is 8.23. The van der Waals surface area contributed by atoms with Crippen molar-refractivity contribution in [3.05, 3.63) is 42.0 Å². The Morgan fingerprint density at radius 1 is 1.03 bits per heavy atom. The quantitative estimate of drug-likeness (QED) is 0.718. The van der Waals surface area contributed by atoms with Crippen molar-refractivity contribution >= 4 is 27.5 Å². The zero-order valence-corrected chi connectivity index (χ0v) is 18.8. The van der Waals surface area contributed by atoms with E-state index in [4.69, 9.17) is 14.2 Å². The number of piperazine rings is 1. The molecule has 2 aromatic rings. The molecule has 0 aliphatic carbocycles. The van der Waals surface area contributed by atoms with Crippen LogP contribution in [0.25, 0.3) is 0 Å². The summed E-state index contributed by atoms with van der Waals surface area (Å²) in [5.74, 6) is 1.08. The molecule has 1 fully saturated rings. The summed E-state index contributed by atoms with van der Waals surface area (Å²) in [4.78, 5) is 26.6. The number of hydrogen-bond donors (Lipinski definition) is 1. The zero-order chi connectivity index (χ0) is 23.2. The maximum Gasteiger partial charge on any atom is 0.265 e. The van der Waals surface area contributed by atoms with E-state index in [0.29, 0.717) is 34.9 Å². The van der Waals surface area contributed by atoms with E-state index in [1.165, 1.54) is 16.4 Å². The molecule has 0 saturated carbocycles. The molecular formula is C22H23N3O7S. The summed E-state index contributed by atoms with van der Waals surface area (Å²) in [6.45, 7) is 2.81. The van der Waals surface area contributed by atoms with Crippen LogP contribution in [0.2, 0.25) is 0 Å². The molecule has 0 aromatic heterocycles. The van der Waals surface area contributed by atoms with Crippen LogP contribution in [0.4, 0.5) is 5.69 Å². The molecule has 1 atom stereocenters. The van der Waals surface area contributed by atoms with Gasteiger partial charge in [0.2, 0.25) is 16.8 Å². The number of anilines is 1. The summed E-state index contributed by atoms with van der Waals surface area (Å²) in [7, 11) is -3.80. The molecule has 5 rings (SSSR count). The zero-order valence-electron chi connectivity index (χ0n) is 17.9. The van der Waals surface area contributed by atoms with Crippen LogP contribution in [0.5, 0.6) is 17.2 Å². The van der Waals surface area contributed by atoms with Gasteiger partial charge in [0.1, 0.15) is 5.75 Å². The van der Waals surface area contributed by atoms with Crippen molar-refractivity contribution in [1.82, 2.24) is 9.21 Å². The van der Waals surface area contributed by atoms with Gasteiger partial charge in [-0.1, -0.05) is 6.92 Å². The molecule has 3 aliphatic rings. The van der Waals surface area contributed by atoms with Crippen molar-refractivity contribution in [2.45, 2.75) is 24.3 Å². The Morgan fingerprint density at radius 3 is 2.52 bits per heavy atom. The Morgan fingerprint density at radius 2 is 1.76 bits per heavy atom. The van der Waals surface area contributed by atoms with Gasteiger partial charge < -0.3 is 24.4 Å². The number of sulfonamides is 1. The standard InChI is InChI=1S/C22H23N3O7S/c1-2-17-21(26)23-16-12-15(4-6-18(16)32-17)33(28,29)25-9-7-24(8-10-25)22(27)14-3-5-19-20(11-14)31-13-30-19/h3-6,11-12,17H,2,7-10,13H2,1H3,(H,23,26)/t17-/m0/s1. The maximum atomic E-state index is 13.2. The summed E-state index contributed by atoms with van der Waals surface area (Å²) in [5, 5.41) is 2.72. The fraction of sp³-hybridized carbons (Fsp3) is 0.364. The lowest BCUT2D eigenvalue weighted by Gasteiger charge is -2.34. The predicted molar refractivity (Wildman–Crippen MR) is 117 cm³/mol. The molecule has 0 bridgehead atoms. The third-order valence-electron chi connectivity index (χ3n) is 5.92. The minimum atomic E-state index is -3.80. The number of ether oxygens (including phenoxy) is 3. The molecule has 2 amide bonds. The highest BCUT2D eigenvalue weighted by Gasteiger charge is 2.33. The predicted octanol–water partition coefficient (Wildman–Crippen LogP) is 1.67. The van der Waals surface area contributed by atoms with Gasteiger partial charge in [-0.05, 0) is 42.8 Å². The van der Waals surface area contributed by atoms with Crippen LogP contribution in [0.1, 0.15) is 23.7 Å². The highest BCUT2D eigenvalue weighted by Crippen LogP contribution is 2.34. The van der Waals surface area contributed by atoms with E-state index in [1.807, 2.05) is 6.92 Å². The second-order valence-electron chi connectivity index (χ2n) is 7.93. The highest BCUT2D eigenvalue weighted by atomic mass is 32.2. The highest BCUT2D eigenvalue weighted by molar-refractivity contribution is 7.89. The number of carbonyl (C=O) groups is 2. The first-order valence-corrected chi connectivity index (χ1v) is 12.1. The molecule has 10 nitrogen and oxygen atoms in total. The van der Waals surface area contributed by atoms with Gasteiger partial charge in [0, 0.05) is 31.7 Å². The summed E-state index contributed by atoms with van der Waals surface area (Å²) in [6, 6.07) is 9.45. The van der Waals surface area contributed by atoms with E-state index >= 15 is 0 Å². The SMILES string of the molecule is CC[C@@H]1Oc2ccc(S(=O)(=O)N3CCN(C(=O)c4ccc5c(c4)OCO5)CC3)cc2NC1=O. The fourth-order valence-corrected chi connectivity index (χ4v) is 5.50. The van der Waals surface area contributed by atoms with Gasteiger partial charge in [0.05, 0.1) is 10.6 Å². The van der Waals surface area contributed by atoms with Crippen LogP contribution in [0.15, 0.2) is 41.3 Å². The van der Waals surface area contributed by atoms with Gasteiger partial charge in [0.25, 0.3) is 11.8 Å². The van der Waals surface area contributed by atoms with Crippen LogP contribution in [-0.4, -0.2) is 68.5 Å². The lowest BCUT2D eigenvalue weighted by Crippen LogP contribution is -2.50. The number of amides is 2. The molecule has 174 valence electrons. The van der Waals surface area contributed by atoms with Crippen molar-refractivity contribution < 1.29 is 32.2 Å². The number of carbonyl (C=O) groups excluding carboxylic acids is 2. The lowest BCUT2D eigenvalue weighted by atomic mass is 10.1. The Kier molecular flexibility index (Phi) is 5.37. The third kappa shape index (κ3) is 3.87. The van der Waals surface area contributed by atoms with Crippen molar-refractivity contribution in [2.75, 3.05) is 38.3 Å². The molecule has 0 spiro atoms. The van der Waals surface area contributed by atoms with E-state index in [1.54, 1.807) is 29.2 Å². The van der Waals surface area contributed by atoms with E-state index in [0.717, 1.165) is 0 Å². The molecule has 1 saturated heterocycles. The first kappa shape index (κ1) is 21.5. The second-order valence-corrected chi connectivity index (χ2v) is 9.86. The van der Waals surface area contributed by atoms with Gasteiger partial charge in [-0.25, -0.2) is 8.42 Å². The van der Waals surface area contributed by atoms with Crippen molar-refractivity contribution in [3.8, 4) is 17.2 Å². The monoisotopic (exact) mass is 473 g/mol. The van der Waals surface area contributed by atoms with Crippen molar-refractivity contribution in [1.29, 1.82) is 0 Å². The number of benzene rings is 2. The summed E-state index contributed by atoms with van der Waals surface area (Å²) < 4.78 is 44.0. The third-order valence-corrected chi connectivity index (χ3v) is 7.82. The Hall–Kier alpha value is -3.31. The topological polar surface area (TPSA) is 114 Å². The summed E-state index contributed by atoms with van der Waals surface area (Å²) >= 11 is 0. The molecule has 11 heteroatoms. The fourth-order valence-electron chi connectivity index (χ4n) is 4.05. The Balaban J connectivity index is 1.27. The van der Waals surface area contributed by atoms with Gasteiger partial charge in [-0.15, -0.1) is 0 Å². The molecule has 33 heavy (non-hydrogen) atoms. The van der Waals surface area contributed by atoms with E-state index in [9.17, 15) is 18.0 Å². The first-order valence-electron chi connectivity index (χ1n) is 10.7. The minimum absolute atomic E-state index is 0.0654. The van der Waals surface area contributed by atoms with Crippen LogP contribution < -0.4 is 19.5 Å². The number of rotatable bonds is 4. The van der Waals surface area contributed by atoms with Gasteiger partial charge in [-0.2, -0.15) is 4.31 Å². The van der Waals surface area contributed by atoms with Gasteiger partial charge >= 0.3 is 0 Å². The number of hydrogen-bond acceptors (Lipinski definition) is 7. The van der Waals surface area contributed by atoms with Crippen molar-refractivity contribution in [2.24, 2.45) is 0 Å². The molecular weight excluding hydrogens is 450 g/mol. The number of nitrogens with zero attached hydrogens (tertiary/aromatic N) is 2. The van der Waals surface area contributed by atoms with Gasteiger partial charge in [0.15, 0.2) is 17.6 Å². The van der Waals surface area contributed by atoms with Gasteiger partial charge in [-0.3, -0.25) is 9.59 Å². The maximum absolute atomic E-state index is 13.2. The molecule has 2 aromatic carbocycles. The molecule has 0 radical (unpaired) electrons. The summed E-state index contributed by atoms with van der Waals surface area (Å²) in [6.07, 6.45) is -0.0732. The molecule has 0 unspecified atom stereocenters.